The lowest BCUT2D eigenvalue weighted by molar-refractivity contribution is -0.138. The van der Waals surface area contributed by atoms with E-state index < -0.39 is 16.0 Å². The Hall–Kier alpha value is -0.960. The first-order chi connectivity index (χ1) is 9.43. The second-order valence-corrected chi connectivity index (χ2v) is 7.98. The molecular formula is C12H18N2O4S2. The maximum Gasteiger partial charge on any atom is 0.317 e. The van der Waals surface area contributed by atoms with Gasteiger partial charge in [0.05, 0.1) is 6.54 Å². The van der Waals surface area contributed by atoms with Gasteiger partial charge in [0.1, 0.15) is 4.21 Å². The van der Waals surface area contributed by atoms with Crippen molar-refractivity contribution in [3.63, 3.8) is 0 Å². The molecule has 1 aromatic heterocycles. The summed E-state index contributed by atoms with van der Waals surface area (Å²) in [6.07, 6.45) is 0.826. The van der Waals surface area contributed by atoms with Crippen molar-refractivity contribution in [3.05, 3.63) is 17.0 Å². The molecule has 0 amide bonds. The Bertz CT molecular complexity index is 574. The Balaban J connectivity index is 2.03. The number of piperazine rings is 1. The minimum absolute atomic E-state index is 0.0348. The van der Waals surface area contributed by atoms with Gasteiger partial charge in [-0.25, -0.2) is 8.42 Å². The molecule has 0 aromatic carbocycles. The number of sulfonamides is 1. The number of aliphatic carboxylic acids is 1. The molecule has 0 atom stereocenters. The number of aryl methyl sites for hydroxylation is 1. The molecule has 2 heterocycles. The predicted octanol–water partition coefficient (Wildman–Crippen LogP) is 0.701. The molecule has 8 heteroatoms. The summed E-state index contributed by atoms with van der Waals surface area (Å²) < 4.78 is 26.7. The van der Waals surface area contributed by atoms with Gasteiger partial charge in [0.15, 0.2) is 0 Å². The zero-order valence-electron chi connectivity index (χ0n) is 11.3. The van der Waals surface area contributed by atoms with Gasteiger partial charge in [-0.3, -0.25) is 9.69 Å². The SMILES string of the molecule is CCc1ccc(S(=O)(=O)N2CCN(CC(=O)O)CC2)s1. The molecule has 2 rings (SSSR count). The van der Waals surface area contributed by atoms with Crippen molar-refractivity contribution in [2.24, 2.45) is 0 Å². The summed E-state index contributed by atoms with van der Waals surface area (Å²) in [5.41, 5.74) is 0. The highest BCUT2D eigenvalue weighted by atomic mass is 32.2. The monoisotopic (exact) mass is 318 g/mol. The number of rotatable bonds is 5. The molecule has 0 bridgehead atoms. The minimum Gasteiger partial charge on any atom is -0.480 e. The van der Waals surface area contributed by atoms with E-state index in [4.69, 9.17) is 5.11 Å². The van der Waals surface area contributed by atoms with Gasteiger partial charge >= 0.3 is 5.97 Å². The quantitative estimate of drug-likeness (QED) is 0.865. The second-order valence-electron chi connectivity index (χ2n) is 4.65. The van der Waals surface area contributed by atoms with E-state index in [-0.39, 0.29) is 6.54 Å². The van der Waals surface area contributed by atoms with E-state index in [0.29, 0.717) is 30.4 Å². The van der Waals surface area contributed by atoms with Crippen LogP contribution in [-0.2, 0) is 21.2 Å². The average molecular weight is 318 g/mol. The lowest BCUT2D eigenvalue weighted by Crippen LogP contribution is -2.49. The van der Waals surface area contributed by atoms with Crippen LogP contribution in [0.5, 0.6) is 0 Å². The number of carboxylic acid groups (broad SMARTS) is 1. The van der Waals surface area contributed by atoms with E-state index in [1.807, 2.05) is 13.0 Å². The van der Waals surface area contributed by atoms with Crippen molar-refractivity contribution in [1.29, 1.82) is 0 Å². The Morgan fingerprint density at radius 1 is 1.30 bits per heavy atom. The van der Waals surface area contributed by atoms with Gasteiger partial charge in [-0.05, 0) is 18.6 Å². The topological polar surface area (TPSA) is 77.9 Å². The summed E-state index contributed by atoms with van der Waals surface area (Å²) in [4.78, 5) is 13.4. The normalized spacial score (nSPS) is 18.2. The lowest BCUT2D eigenvalue weighted by atomic mass is 10.3. The molecule has 0 radical (unpaired) electrons. The minimum atomic E-state index is -3.43. The van der Waals surface area contributed by atoms with Gasteiger partial charge in [-0.2, -0.15) is 4.31 Å². The van der Waals surface area contributed by atoms with Gasteiger partial charge in [-0.1, -0.05) is 6.92 Å². The van der Waals surface area contributed by atoms with Crippen LogP contribution in [0.15, 0.2) is 16.3 Å². The van der Waals surface area contributed by atoms with Crippen molar-refractivity contribution >= 4 is 27.3 Å². The maximum absolute atomic E-state index is 12.4. The molecule has 0 saturated carbocycles. The fourth-order valence-corrected chi connectivity index (χ4v) is 5.01. The molecule has 1 aromatic rings. The summed E-state index contributed by atoms with van der Waals surface area (Å²) >= 11 is 1.31. The van der Waals surface area contributed by atoms with E-state index in [0.717, 1.165) is 11.3 Å². The Morgan fingerprint density at radius 2 is 1.95 bits per heavy atom. The molecule has 1 aliphatic rings. The zero-order chi connectivity index (χ0) is 14.8. The molecule has 0 unspecified atom stereocenters. The van der Waals surface area contributed by atoms with Crippen LogP contribution >= 0.6 is 11.3 Å². The van der Waals surface area contributed by atoms with E-state index in [9.17, 15) is 13.2 Å². The van der Waals surface area contributed by atoms with Crippen LogP contribution in [0.25, 0.3) is 0 Å². The summed E-state index contributed by atoms with van der Waals surface area (Å²) in [7, 11) is -3.43. The Kier molecular flexibility index (Phi) is 4.79. The highest BCUT2D eigenvalue weighted by Crippen LogP contribution is 2.25. The third kappa shape index (κ3) is 3.38. The maximum atomic E-state index is 12.4. The number of carbonyl (C=O) groups is 1. The number of hydrogen-bond acceptors (Lipinski definition) is 5. The summed E-state index contributed by atoms with van der Waals surface area (Å²) in [6, 6.07) is 3.50. The van der Waals surface area contributed by atoms with Crippen molar-refractivity contribution in [2.75, 3.05) is 32.7 Å². The van der Waals surface area contributed by atoms with Crippen LogP contribution in [0.4, 0.5) is 0 Å². The highest BCUT2D eigenvalue weighted by Gasteiger charge is 2.29. The average Bonchev–Trinajstić information content (AvgIpc) is 2.88. The first kappa shape index (κ1) is 15.4. The largest absolute Gasteiger partial charge is 0.480 e. The van der Waals surface area contributed by atoms with Crippen molar-refractivity contribution in [3.8, 4) is 0 Å². The molecule has 0 aliphatic carbocycles. The molecule has 112 valence electrons. The van der Waals surface area contributed by atoms with E-state index >= 15 is 0 Å². The molecule has 1 N–H and O–H groups in total. The van der Waals surface area contributed by atoms with E-state index in [1.54, 1.807) is 11.0 Å². The van der Waals surface area contributed by atoms with Gasteiger partial charge in [-0.15, -0.1) is 11.3 Å². The predicted molar refractivity (Wildman–Crippen MR) is 76.5 cm³/mol. The molecular weight excluding hydrogens is 300 g/mol. The number of nitrogens with zero attached hydrogens (tertiary/aromatic N) is 2. The molecule has 20 heavy (non-hydrogen) atoms. The van der Waals surface area contributed by atoms with Gasteiger partial charge in [0, 0.05) is 31.1 Å². The van der Waals surface area contributed by atoms with Crippen LogP contribution in [0.1, 0.15) is 11.8 Å². The summed E-state index contributed by atoms with van der Waals surface area (Å²) in [6.45, 7) is 3.55. The fraction of sp³-hybridized carbons (Fsp3) is 0.583. The number of hydrogen-bond donors (Lipinski definition) is 1. The van der Waals surface area contributed by atoms with Crippen LogP contribution in [-0.4, -0.2) is 61.4 Å². The molecule has 1 saturated heterocycles. The van der Waals surface area contributed by atoms with Gasteiger partial charge in [0.25, 0.3) is 10.0 Å². The summed E-state index contributed by atoms with van der Waals surface area (Å²) in [5.74, 6) is -0.882. The highest BCUT2D eigenvalue weighted by molar-refractivity contribution is 7.91. The molecule has 6 nitrogen and oxygen atoms in total. The van der Waals surface area contributed by atoms with Gasteiger partial charge < -0.3 is 5.11 Å². The fourth-order valence-electron chi connectivity index (χ4n) is 2.13. The zero-order valence-corrected chi connectivity index (χ0v) is 12.9. The lowest BCUT2D eigenvalue weighted by Gasteiger charge is -2.32. The van der Waals surface area contributed by atoms with Crippen molar-refractivity contribution in [2.45, 2.75) is 17.6 Å². The van der Waals surface area contributed by atoms with Crippen LogP contribution in [0, 0.1) is 0 Å². The molecule has 1 aliphatic heterocycles. The summed E-state index contributed by atoms with van der Waals surface area (Å²) in [5, 5.41) is 8.73. The second kappa shape index (κ2) is 6.21. The van der Waals surface area contributed by atoms with E-state index in [1.165, 1.54) is 15.6 Å². The van der Waals surface area contributed by atoms with Crippen molar-refractivity contribution < 1.29 is 18.3 Å². The van der Waals surface area contributed by atoms with Crippen molar-refractivity contribution in [1.82, 2.24) is 9.21 Å². The Labute approximate surface area is 122 Å². The van der Waals surface area contributed by atoms with Gasteiger partial charge in [0.2, 0.25) is 0 Å². The van der Waals surface area contributed by atoms with E-state index in [2.05, 4.69) is 0 Å². The standard InChI is InChI=1S/C12H18N2O4S2/c1-2-10-3-4-12(19-10)20(17,18)14-7-5-13(6-8-14)9-11(15)16/h3-4H,2,5-9H2,1H3,(H,15,16). The smallest absolute Gasteiger partial charge is 0.317 e. The Morgan fingerprint density at radius 3 is 2.45 bits per heavy atom. The van der Waals surface area contributed by atoms with Crippen LogP contribution in [0.2, 0.25) is 0 Å². The molecule has 0 spiro atoms. The van der Waals surface area contributed by atoms with Crippen LogP contribution < -0.4 is 0 Å². The number of thiophene rings is 1. The molecule has 1 fully saturated rings. The third-order valence-corrected chi connectivity index (χ3v) is 6.87. The first-order valence-electron chi connectivity index (χ1n) is 6.46. The van der Waals surface area contributed by atoms with Crippen LogP contribution in [0.3, 0.4) is 0 Å². The third-order valence-electron chi connectivity index (χ3n) is 3.27. The first-order valence-corrected chi connectivity index (χ1v) is 8.72. The number of carboxylic acids is 1.